The molecule has 0 saturated carbocycles. The van der Waals surface area contributed by atoms with Crippen molar-refractivity contribution in [3.05, 3.63) is 64.0 Å². The molecule has 134 valence electrons. The molecule has 3 aromatic rings. The van der Waals surface area contributed by atoms with Gasteiger partial charge in [-0.3, -0.25) is 10.1 Å². The molecule has 1 amide bonds. The predicted octanol–water partition coefficient (Wildman–Crippen LogP) is 5.68. The highest BCUT2D eigenvalue weighted by molar-refractivity contribution is 7.16. The van der Waals surface area contributed by atoms with Gasteiger partial charge >= 0.3 is 0 Å². The smallest absolute Gasteiger partial charge is 0.257 e. The predicted molar refractivity (Wildman–Crippen MR) is 108 cm³/mol. The molecule has 0 fully saturated rings. The molecule has 1 heterocycles. The highest BCUT2D eigenvalue weighted by Gasteiger charge is 2.15. The first kappa shape index (κ1) is 18.4. The number of methoxy groups -OCH3 is 1. The summed E-state index contributed by atoms with van der Waals surface area (Å²) in [5.74, 6) is 0.526. The number of carbonyl (C=O) groups is 1. The van der Waals surface area contributed by atoms with E-state index in [0.717, 1.165) is 29.0 Å². The van der Waals surface area contributed by atoms with E-state index in [4.69, 9.17) is 16.3 Å². The zero-order valence-corrected chi connectivity index (χ0v) is 16.2. The lowest BCUT2D eigenvalue weighted by molar-refractivity contribution is 0.102. The third-order valence-electron chi connectivity index (χ3n) is 3.86. The quantitative estimate of drug-likeness (QED) is 0.593. The summed E-state index contributed by atoms with van der Waals surface area (Å²) in [6.45, 7) is 2.13. The number of carbonyl (C=O) groups excluding carboxylic acids is 1. The molecule has 0 aliphatic rings. The first-order valence-electron chi connectivity index (χ1n) is 8.31. The second kappa shape index (κ2) is 8.34. The standard InChI is InChI=1S/C20H19ClN2O2S/c1-3-4-17-18(13-5-9-15(21)10-6-13)22-20(26-17)23-19(24)14-7-11-16(25-2)12-8-14/h5-12H,3-4H2,1-2H3,(H,22,23,24). The summed E-state index contributed by atoms with van der Waals surface area (Å²) in [6.07, 6.45) is 1.92. The van der Waals surface area contributed by atoms with E-state index in [1.165, 1.54) is 11.3 Å². The van der Waals surface area contributed by atoms with E-state index < -0.39 is 0 Å². The molecule has 3 rings (SSSR count). The fourth-order valence-corrected chi connectivity index (χ4v) is 3.75. The van der Waals surface area contributed by atoms with Gasteiger partial charge in [-0.05, 0) is 42.8 Å². The van der Waals surface area contributed by atoms with Crippen LogP contribution in [-0.4, -0.2) is 18.0 Å². The summed E-state index contributed by atoms with van der Waals surface area (Å²) < 4.78 is 5.12. The lowest BCUT2D eigenvalue weighted by atomic mass is 10.1. The van der Waals surface area contributed by atoms with E-state index in [2.05, 4.69) is 17.2 Å². The van der Waals surface area contributed by atoms with Crippen molar-refractivity contribution < 1.29 is 9.53 Å². The summed E-state index contributed by atoms with van der Waals surface area (Å²) in [5.41, 5.74) is 2.46. The Labute approximate surface area is 161 Å². The molecule has 0 saturated heterocycles. The Morgan fingerprint density at radius 2 is 1.85 bits per heavy atom. The van der Waals surface area contributed by atoms with Gasteiger partial charge in [0.1, 0.15) is 5.75 Å². The molecule has 26 heavy (non-hydrogen) atoms. The van der Waals surface area contributed by atoms with Gasteiger partial charge in [0.2, 0.25) is 0 Å². The van der Waals surface area contributed by atoms with Crippen LogP contribution in [0.4, 0.5) is 5.13 Å². The SMILES string of the molecule is CCCc1sc(NC(=O)c2ccc(OC)cc2)nc1-c1ccc(Cl)cc1. The minimum absolute atomic E-state index is 0.188. The van der Waals surface area contributed by atoms with Crippen molar-refractivity contribution in [2.75, 3.05) is 12.4 Å². The lowest BCUT2D eigenvalue weighted by Gasteiger charge is -2.03. The normalized spacial score (nSPS) is 10.6. The summed E-state index contributed by atoms with van der Waals surface area (Å²) >= 11 is 7.49. The van der Waals surface area contributed by atoms with Gasteiger partial charge in [0.05, 0.1) is 12.8 Å². The molecule has 0 aliphatic carbocycles. The minimum atomic E-state index is -0.188. The zero-order valence-electron chi connectivity index (χ0n) is 14.6. The van der Waals surface area contributed by atoms with E-state index in [1.54, 1.807) is 31.4 Å². The number of benzene rings is 2. The maximum Gasteiger partial charge on any atom is 0.257 e. The second-order valence-electron chi connectivity index (χ2n) is 5.73. The molecule has 1 aromatic heterocycles. The summed E-state index contributed by atoms with van der Waals surface area (Å²) in [7, 11) is 1.60. The van der Waals surface area contributed by atoms with Crippen LogP contribution in [0.1, 0.15) is 28.6 Å². The number of hydrogen-bond donors (Lipinski definition) is 1. The van der Waals surface area contributed by atoms with Crippen LogP contribution in [0.15, 0.2) is 48.5 Å². The third-order valence-corrected chi connectivity index (χ3v) is 5.15. The van der Waals surface area contributed by atoms with Crippen LogP contribution in [0.3, 0.4) is 0 Å². The van der Waals surface area contributed by atoms with E-state index >= 15 is 0 Å². The Balaban J connectivity index is 1.84. The highest BCUT2D eigenvalue weighted by Crippen LogP contribution is 2.33. The maximum absolute atomic E-state index is 12.5. The highest BCUT2D eigenvalue weighted by atomic mass is 35.5. The van der Waals surface area contributed by atoms with Crippen LogP contribution < -0.4 is 10.1 Å². The largest absolute Gasteiger partial charge is 0.497 e. The molecule has 2 aromatic carbocycles. The number of rotatable bonds is 6. The van der Waals surface area contributed by atoms with Crippen molar-refractivity contribution in [1.82, 2.24) is 4.98 Å². The van der Waals surface area contributed by atoms with E-state index in [9.17, 15) is 4.79 Å². The van der Waals surface area contributed by atoms with Gasteiger partial charge in [0, 0.05) is 21.0 Å². The Bertz CT molecular complexity index is 889. The van der Waals surface area contributed by atoms with Gasteiger partial charge in [-0.25, -0.2) is 4.98 Å². The Morgan fingerprint density at radius 3 is 2.46 bits per heavy atom. The molecular weight excluding hydrogens is 368 g/mol. The number of anilines is 1. The topological polar surface area (TPSA) is 51.2 Å². The van der Waals surface area contributed by atoms with E-state index in [1.807, 2.05) is 24.3 Å². The van der Waals surface area contributed by atoms with Gasteiger partial charge in [0.15, 0.2) is 5.13 Å². The average Bonchev–Trinajstić information content (AvgIpc) is 3.05. The average molecular weight is 387 g/mol. The first-order chi connectivity index (χ1) is 12.6. The molecule has 0 spiro atoms. The van der Waals surface area contributed by atoms with Crippen molar-refractivity contribution in [3.63, 3.8) is 0 Å². The Hall–Kier alpha value is -2.37. The van der Waals surface area contributed by atoms with Crippen molar-refractivity contribution in [3.8, 4) is 17.0 Å². The third kappa shape index (κ3) is 4.23. The number of aromatic nitrogens is 1. The van der Waals surface area contributed by atoms with Gasteiger partial charge in [-0.1, -0.05) is 37.1 Å². The number of aryl methyl sites for hydroxylation is 1. The maximum atomic E-state index is 12.5. The van der Waals surface area contributed by atoms with Crippen molar-refractivity contribution in [1.29, 1.82) is 0 Å². The number of halogens is 1. The zero-order chi connectivity index (χ0) is 18.5. The summed E-state index contributed by atoms with van der Waals surface area (Å²) in [6, 6.07) is 14.6. The van der Waals surface area contributed by atoms with E-state index in [-0.39, 0.29) is 5.91 Å². The van der Waals surface area contributed by atoms with Crippen LogP contribution in [-0.2, 0) is 6.42 Å². The van der Waals surface area contributed by atoms with Crippen LogP contribution >= 0.6 is 22.9 Å². The molecule has 0 bridgehead atoms. The van der Waals surface area contributed by atoms with Crippen molar-refractivity contribution in [2.45, 2.75) is 19.8 Å². The molecule has 0 aliphatic heterocycles. The molecular formula is C20H19ClN2O2S. The fraction of sp³-hybridized carbons (Fsp3) is 0.200. The Morgan fingerprint density at radius 1 is 1.15 bits per heavy atom. The van der Waals surface area contributed by atoms with Gasteiger partial charge in [0.25, 0.3) is 5.91 Å². The van der Waals surface area contributed by atoms with Gasteiger partial charge < -0.3 is 4.74 Å². The van der Waals surface area contributed by atoms with Crippen LogP contribution in [0.2, 0.25) is 5.02 Å². The number of amides is 1. The minimum Gasteiger partial charge on any atom is -0.497 e. The van der Waals surface area contributed by atoms with Crippen molar-refractivity contribution >= 4 is 34.0 Å². The molecule has 0 radical (unpaired) electrons. The lowest BCUT2D eigenvalue weighted by Crippen LogP contribution is -2.11. The van der Waals surface area contributed by atoms with Crippen LogP contribution in [0.5, 0.6) is 5.75 Å². The molecule has 1 N–H and O–H groups in total. The number of thiazole rings is 1. The van der Waals surface area contributed by atoms with Crippen LogP contribution in [0, 0.1) is 0 Å². The molecule has 0 unspecified atom stereocenters. The van der Waals surface area contributed by atoms with Gasteiger partial charge in [-0.2, -0.15) is 0 Å². The number of nitrogens with one attached hydrogen (secondary N) is 1. The first-order valence-corrected chi connectivity index (χ1v) is 9.51. The summed E-state index contributed by atoms with van der Waals surface area (Å²) in [5, 5.41) is 4.18. The van der Waals surface area contributed by atoms with Crippen molar-refractivity contribution in [2.24, 2.45) is 0 Å². The number of hydrogen-bond acceptors (Lipinski definition) is 4. The summed E-state index contributed by atoms with van der Waals surface area (Å²) in [4.78, 5) is 18.3. The molecule has 0 atom stereocenters. The van der Waals surface area contributed by atoms with E-state index in [0.29, 0.717) is 21.5 Å². The molecule has 6 heteroatoms. The van der Waals surface area contributed by atoms with Crippen LogP contribution in [0.25, 0.3) is 11.3 Å². The fourth-order valence-electron chi connectivity index (χ4n) is 2.55. The monoisotopic (exact) mass is 386 g/mol. The molecule has 4 nitrogen and oxygen atoms in total. The number of ether oxygens (including phenoxy) is 1. The van der Waals surface area contributed by atoms with Gasteiger partial charge in [-0.15, -0.1) is 11.3 Å². The second-order valence-corrected chi connectivity index (χ2v) is 7.25. The number of nitrogens with zero attached hydrogens (tertiary/aromatic N) is 1. The Kier molecular flexibility index (Phi) is 5.91.